The summed E-state index contributed by atoms with van der Waals surface area (Å²) in [5, 5.41) is 9.62. The molecule has 2 aromatic carbocycles. The Bertz CT molecular complexity index is 649. The molecule has 0 fully saturated rings. The summed E-state index contributed by atoms with van der Waals surface area (Å²) in [6.45, 7) is -0.141. The second-order valence-electron chi connectivity index (χ2n) is 4.61. The maximum Gasteiger partial charge on any atom is 0.143 e. The highest BCUT2D eigenvalue weighted by molar-refractivity contribution is 5.62. The lowest BCUT2D eigenvalue weighted by Crippen LogP contribution is -2.09. The number of hydrogen-bond donors (Lipinski definition) is 1. The molecule has 1 heterocycles. The number of methoxy groups -OCH3 is 2. The van der Waals surface area contributed by atoms with E-state index in [-0.39, 0.29) is 6.61 Å². The minimum atomic E-state index is -0.141. The van der Waals surface area contributed by atoms with E-state index >= 15 is 0 Å². The van der Waals surface area contributed by atoms with Crippen LogP contribution in [0.5, 0.6) is 23.0 Å². The number of hydrogen-bond acceptors (Lipinski definition) is 4. The van der Waals surface area contributed by atoms with Crippen molar-refractivity contribution in [1.29, 1.82) is 0 Å². The van der Waals surface area contributed by atoms with Gasteiger partial charge in [0.25, 0.3) is 0 Å². The zero-order chi connectivity index (χ0) is 14.1. The molecule has 0 radical (unpaired) electrons. The van der Waals surface area contributed by atoms with E-state index in [1.165, 1.54) is 0 Å². The Labute approximate surface area is 117 Å². The van der Waals surface area contributed by atoms with Crippen molar-refractivity contribution in [3.05, 3.63) is 47.0 Å². The number of fused-ring (bicyclic) bond motifs is 2. The van der Waals surface area contributed by atoms with Gasteiger partial charge in [-0.1, -0.05) is 18.2 Å². The van der Waals surface area contributed by atoms with Gasteiger partial charge in [-0.2, -0.15) is 0 Å². The zero-order valence-corrected chi connectivity index (χ0v) is 11.5. The van der Waals surface area contributed by atoms with Crippen LogP contribution < -0.4 is 14.2 Å². The summed E-state index contributed by atoms with van der Waals surface area (Å²) >= 11 is 0. The van der Waals surface area contributed by atoms with Gasteiger partial charge in [0.2, 0.25) is 0 Å². The molecule has 0 aromatic heterocycles. The monoisotopic (exact) mass is 272 g/mol. The van der Waals surface area contributed by atoms with Crippen molar-refractivity contribution < 1.29 is 19.3 Å². The number of para-hydroxylation sites is 1. The van der Waals surface area contributed by atoms with Crippen LogP contribution in [0.4, 0.5) is 0 Å². The van der Waals surface area contributed by atoms with Gasteiger partial charge < -0.3 is 19.3 Å². The summed E-state index contributed by atoms with van der Waals surface area (Å²) in [7, 11) is 3.19. The van der Waals surface area contributed by atoms with Crippen LogP contribution in [0.3, 0.4) is 0 Å². The molecule has 0 bridgehead atoms. The predicted molar refractivity (Wildman–Crippen MR) is 74.8 cm³/mol. The van der Waals surface area contributed by atoms with Gasteiger partial charge >= 0.3 is 0 Å². The molecule has 0 atom stereocenters. The smallest absolute Gasteiger partial charge is 0.143 e. The van der Waals surface area contributed by atoms with Crippen LogP contribution in [-0.2, 0) is 13.0 Å². The normalized spacial score (nSPS) is 12.2. The van der Waals surface area contributed by atoms with Gasteiger partial charge in [0.05, 0.1) is 26.4 Å². The molecule has 1 aliphatic rings. The van der Waals surface area contributed by atoms with E-state index in [0.29, 0.717) is 29.2 Å². The third-order valence-corrected chi connectivity index (χ3v) is 3.56. The van der Waals surface area contributed by atoms with Crippen LogP contribution in [0.25, 0.3) is 0 Å². The van der Waals surface area contributed by atoms with Crippen molar-refractivity contribution in [2.75, 3.05) is 14.2 Å². The predicted octanol–water partition coefficient (Wildman–Crippen LogP) is 2.89. The summed E-state index contributed by atoms with van der Waals surface area (Å²) in [6.07, 6.45) is 0.714. The molecule has 0 saturated heterocycles. The fourth-order valence-corrected chi connectivity index (χ4v) is 2.55. The first kappa shape index (κ1) is 12.8. The van der Waals surface area contributed by atoms with Gasteiger partial charge in [0.15, 0.2) is 0 Å². The molecule has 3 rings (SSSR count). The SMILES string of the molecule is COc1cc(OC)c2c(c1CO)Oc1ccccc1C2. The molecular formula is C16H16O4. The highest BCUT2D eigenvalue weighted by atomic mass is 16.5. The van der Waals surface area contributed by atoms with Crippen molar-refractivity contribution >= 4 is 0 Å². The number of aliphatic hydroxyl groups excluding tert-OH is 1. The molecule has 4 heteroatoms. The first-order chi connectivity index (χ1) is 9.78. The molecule has 20 heavy (non-hydrogen) atoms. The van der Waals surface area contributed by atoms with Crippen molar-refractivity contribution in [3.8, 4) is 23.0 Å². The van der Waals surface area contributed by atoms with Crippen LogP contribution in [0.15, 0.2) is 30.3 Å². The molecule has 0 aliphatic carbocycles. The van der Waals surface area contributed by atoms with E-state index in [1.807, 2.05) is 24.3 Å². The van der Waals surface area contributed by atoms with Crippen LogP contribution in [0.1, 0.15) is 16.7 Å². The Morgan fingerprint density at radius 2 is 1.90 bits per heavy atom. The first-order valence-electron chi connectivity index (χ1n) is 6.41. The molecule has 0 spiro atoms. The van der Waals surface area contributed by atoms with Crippen molar-refractivity contribution in [2.45, 2.75) is 13.0 Å². The average molecular weight is 272 g/mol. The average Bonchev–Trinajstić information content (AvgIpc) is 2.51. The zero-order valence-electron chi connectivity index (χ0n) is 11.5. The van der Waals surface area contributed by atoms with E-state index in [9.17, 15) is 5.11 Å². The molecule has 1 N–H and O–H groups in total. The standard InChI is InChI=1S/C16H16O4/c1-18-14-8-15(19-2)12(9-17)16-11(14)7-10-5-3-4-6-13(10)20-16/h3-6,8,17H,7,9H2,1-2H3. The highest BCUT2D eigenvalue weighted by Gasteiger charge is 2.26. The number of ether oxygens (including phenoxy) is 3. The van der Waals surface area contributed by atoms with Gasteiger partial charge in [0.1, 0.15) is 23.0 Å². The van der Waals surface area contributed by atoms with Crippen molar-refractivity contribution in [1.82, 2.24) is 0 Å². The lowest BCUT2D eigenvalue weighted by atomic mass is 9.96. The molecule has 4 nitrogen and oxygen atoms in total. The third kappa shape index (κ3) is 1.89. The summed E-state index contributed by atoms with van der Waals surface area (Å²) in [5.74, 6) is 2.73. The topological polar surface area (TPSA) is 47.9 Å². The van der Waals surface area contributed by atoms with Crippen molar-refractivity contribution in [3.63, 3.8) is 0 Å². The molecule has 0 unspecified atom stereocenters. The third-order valence-electron chi connectivity index (χ3n) is 3.56. The van der Waals surface area contributed by atoms with E-state index in [2.05, 4.69) is 0 Å². The van der Waals surface area contributed by atoms with Crippen LogP contribution in [-0.4, -0.2) is 19.3 Å². The first-order valence-corrected chi connectivity index (χ1v) is 6.41. The van der Waals surface area contributed by atoms with Crippen LogP contribution in [0.2, 0.25) is 0 Å². The number of benzene rings is 2. The van der Waals surface area contributed by atoms with E-state index in [4.69, 9.17) is 14.2 Å². The van der Waals surface area contributed by atoms with Crippen LogP contribution in [0, 0.1) is 0 Å². The molecule has 2 aromatic rings. The molecular weight excluding hydrogens is 256 g/mol. The maximum absolute atomic E-state index is 9.62. The van der Waals surface area contributed by atoms with Gasteiger partial charge in [-0.25, -0.2) is 0 Å². The summed E-state index contributed by atoms with van der Waals surface area (Å²) in [4.78, 5) is 0. The minimum absolute atomic E-state index is 0.141. The molecule has 0 saturated carbocycles. The number of aliphatic hydroxyl groups is 1. The second-order valence-corrected chi connectivity index (χ2v) is 4.61. The van der Waals surface area contributed by atoms with E-state index in [1.54, 1.807) is 20.3 Å². The fraction of sp³-hybridized carbons (Fsp3) is 0.250. The Hall–Kier alpha value is -2.20. The van der Waals surface area contributed by atoms with Crippen LogP contribution >= 0.6 is 0 Å². The largest absolute Gasteiger partial charge is 0.496 e. The van der Waals surface area contributed by atoms with Gasteiger partial charge in [-0.15, -0.1) is 0 Å². The Kier molecular flexibility index (Phi) is 3.24. The Balaban J connectivity index is 2.20. The summed E-state index contributed by atoms with van der Waals surface area (Å²) in [6, 6.07) is 9.66. The fourth-order valence-electron chi connectivity index (χ4n) is 2.55. The van der Waals surface area contributed by atoms with Gasteiger partial charge in [-0.3, -0.25) is 0 Å². The lowest BCUT2D eigenvalue weighted by molar-refractivity contribution is 0.265. The number of rotatable bonds is 3. The Morgan fingerprint density at radius 1 is 1.15 bits per heavy atom. The van der Waals surface area contributed by atoms with E-state index in [0.717, 1.165) is 16.9 Å². The van der Waals surface area contributed by atoms with Crippen molar-refractivity contribution in [2.24, 2.45) is 0 Å². The lowest BCUT2D eigenvalue weighted by Gasteiger charge is -2.25. The molecule has 1 aliphatic heterocycles. The molecule has 104 valence electrons. The van der Waals surface area contributed by atoms with Gasteiger partial charge in [0, 0.05) is 18.1 Å². The minimum Gasteiger partial charge on any atom is -0.496 e. The quantitative estimate of drug-likeness (QED) is 0.796. The second kappa shape index (κ2) is 5.06. The highest BCUT2D eigenvalue weighted by Crippen LogP contribution is 2.46. The summed E-state index contributed by atoms with van der Waals surface area (Å²) < 4.78 is 16.7. The Morgan fingerprint density at radius 3 is 2.60 bits per heavy atom. The van der Waals surface area contributed by atoms with Gasteiger partial charge in [-0.05, 0) is 11.6 Å². The maximum atomic E-state index is 9.62. The molecule has 0 amide bonds. The van der Waals surface area contributed by atoms with E-state index < -0.39 is 0 Å². The summed E-state index contributed by atoms with van der Waals surface area (Å²) in [5.41, 5.74) is 2.70.